The van der Waals surface area contributed by atoms with Crippen LogP contribution < -0.4 is 5.32 Å². The number of hydrogen-bond acceptors (Lipinski definition) is 4. The number of ether oxygens (including phenoxy) is 1. The molecule has 1 heterocycles. The van der Waals surface area contributed by atoms with Crippen LogP contribution in [0, 0.1) is 5.41 Å². The number of esters is 1. The second-order valence-corrected chi connectivity index (χ2v) is 5.46. The summed E-state index contributed by atoms with van der Waals surface area (Å²) in [7, 11) is 0. The van der Waals surface area contributed by atoms with Crippen LogP contribution in [0.5, 0.6) is 0 Å². The number of nitrogens with one attached hydrogen (secondary N) is 2. The minimum Gasteiger partial charge on any atom is -0.461 e. The molecule has 1 unspecified atom stereocenters. The molecule has 18 heavy (non-hydrogen) atoms. The lowest BCUT2D eigenvalue weighted by Gasteiger charge is -2.28. The molecule has 5 nitrogen and oxygen atoms in total. The van der Waals surface area contributed by atoms with Gasteiger partial charge in [0.2, 0.25) is 0 Å². The summed E-state index contributed by atoms with van der Waals surface area (Å²) in [5, 5.41) is 9.98. The van der Waals surface area contributed by atoms with Crippen LogP contribution in [0.25, 0.3) is 0 Å². The van der Waals surface area contributed by atoms with Crippen LogP contribution in [-0.4, -0.2) is 28.8 Å². The quantitative estimate of drug-likeness (QED) is 0.789. The molecule has 1 rings (SSSR count). The van der Waals surface area contributed by atoms with E-state index in [-0.39, 0.29) is 11.4 Å². The van der Waals surface area contributed by atoms with Crippen LogP contribution in [-0.2, 0) is 11.3 Å². The summed E-state index contributed by atoms with van der Waals surface area (Å²) in [6, 6.07) is 0.336. The zero-order chi connectivity index (χ0) is 13.8. The van der Waals surface area contributed by atoms with Crippen molar-refractivity contribution in [2.45, 2.75) is 47.2 Å². The lowest BCUT2D eigenvalue weighted by molar-refractivity contribution is 0.0518. The first-order valence-corrected chi connectivity index (χ1v) is 6.29. The molecule has 1 aromatic heterocycles. The molecule has 0 saturated carbocycles. The molecule has 0 saturated heterocycles. The second kappa shape index (κ2) is 6.00. The molecule has 0 fully saturated rings. The maximum Gasteiger partial charge on any atom is 0.356 e. The van der Waals surface area contributed by atoms with Crippen molar-refractivity contribution in [3.05, 3.63) is 17.5 Å². The Hall–Kier alpha value is -1.36. The zero-order valence-corrected chi connectivity index (χ0v) is 11.8. The van der Waals surface area contributed by atoms with E-state index in [9.17, 15) is 4.79 Å². The van der Waals surface area contributed by atoms with E-state index in [2.05, 4.69) is 43.2 Å². The normalized spacial score (nSPS) is 13.4. The molecule has 0 aliphatic carbocycles. The molecule has 0 spiro atoms. The van der Waals surface area contributed by atoms with Crippen LogP contribution in [0.4, 0.5) is 0 Å². The fourth-order valence-electron chi connectivity index (χ4n) is 1.39. The molecule has 102 valence electrons. The lowest BCUT2D eigenvalue weighted by atomic mass is 9.88. The highest BCUT2D eigenvalue weighted by molar-refractivity contribution is 5.88. The van der Waals surface area contributed by atoms with Gasteiger partial charge in [-0.25, -0.2) is 4.79 Å². The van der Waals surface area contributed by atoms with Gasteiger partial charge in [-0.1, -0.05) is 20.8 Å². The number of carbonyl (C=O) groups excluding carboxylic acids is 1. The van der Waals surface area contributed by atoms with Gasteiger partial charge in [0.05, 0.1) is 12.8 Å². The fraction of sp³-hybridized carbons (Fsp3) is 0.692. The summed E-state index contributed by atoms with van der Waals surface area (Å²) in [4.78, 5) is 11.6. The van der Waals surface area contributed by atoms with Crippen LogP contribution in [0.1, 0.15) is 50.7 Å². The summed E-state index contributed by atoms with van der Waals surface area (Å²) >= 11 is 0. The van der Waals surface area contributed by atoms with Crippen molar-refractivity contribution in [2.24, 2.45) is 5.41 Å². The lowest BCUT2D eigenvalue weighted by Crippen LogP contribution is -2.37. The smallest absolute Gasteiger partial charge is 0.356 e. The van der Waals surface area contributed by atoms with Crippen LogP contribution in [0.15, 0.2) is 6.20 Å². The summed E-state index contributed by atoms with van der Waals surface area (Å²) in [6.07, 6.45) is 1.66. The van der Waals surface area contributed by atoms with Crippen molar-refractivity contribution in [1.82, 2.24) is 15.5 Å². The molecule has 0 bridgehead atoms. The highest BCUT2D eigenvalue weighted by atomic mass is 16.5. The highest BCUT2D eigenvalue weighted by Gasteiger charge is 2.21. The van der Waals surface area contributed by atoms with Gasteiger partial charge in [-0.2, -0.15) is 5.10 Å². The average molecular weight is 253 g/mol. The third kappa shape index (κ3) is 3.84. The van der Waals surface area contributed by atoms with Crippen molar-refractivity contribution in [1.29, 1.82) is 0 Å². The SMILES string of the molecule is CCOC(=O)c1[nH]ncc1CNC(C)C(C)(C)C. The Morgan fingerprint density at radius 2 is 2.22 bits per heavy atom. The Bertz CT molecular complexity index is 393. The average Bonchev–Trinajstić information content (AvgIpc) is 2.72. The van der Waals surface area contributed by atoms with Gasteiger partial charge in [0.25, 0.3) is 0 Å². The first kappa shape index (κ1) is 14.7. The number of hydrogen-bond donors (Lipinski definition) is 2. The van der Waals surface area contributed by atoms with Gasteiger partial charge >= 0.3 is 5.97 Å². The van der Waals surface area contributed by atoms with E-state index in [4.69, 9.17) is 4.74 Å². The van der Waals surface area contributed by atoms with Gasteiger partial charge < -0.3 is 10.1 Å². The summed E-state index contributed by atoms with van der Waals surface area (Å²) in [5.74, 6) is -0.352. The minimum atomic E-state index is -0.352. The van der Waals surface area contributed by atoms with Crippen molar-refractivity contribution in [3.63, 3.8) is 0 Å². The van der Waals surface area contributed by atoms with Crippen LogP contribution >= 0.6 is 0 Å². The Balaban J connectivity index is 2.64. The molecule has 1 aromatic rings. The number of carbonyl (C=O) groups is 1. The van der Waals surface area contributed by atoms with E-state index >= 15 is 0 Å². The van der Waals surface area contributed by atoms with Gasteiger partial charge in [-0.15, -0.1) is 0 Å². The van der Waals surface area contributed by atoms with E-state index in [1.54, 1.807) is 13.1 Å². The fourth-order valence-corrected chi connectivity index (χ4v) is 1.39. The molecule has 0 aromatic carbocycles. The van der Waals surface area contributed by atoms with Crippen molar-refractivity contribution in [3.8, 4) is 0 Å². The van der Waals surface area contributed by atoms with Gasteiger partial charge in [-0.05, 0) is 19.3 Å². The Morgan fingerprint density at radius 1 is 1.56 bits per heavy atom. The van der Waals surface area contributed by atoms with Gasteiger partial charge in [0, 0.05) is 18.2 Å². The van der Waals surface area contributed by atoms with Crippen LogP contribution in [0.2, 0.25) is 0 Å². The predicted molar refractivity (Wildman–Crippen MR) is 70.3 cm³/mol. The molecule has 0 radical (unpaired) electrons. The molecule has 0 aliphatic heterocycles. The predicted octanol–water partition coefficient (Wildman–Crippen LogP) is 2.11. The summed E-state index contributed by atoms with van der Waals surface area (Å²) in [5.41, 5.74) is 1.45. The molecule has 5 heteroatoms. The molecule has 1 atom stereocenters. The number of aromatic nitrogens is 2. The standard InChI is InChI=1S/C13H23N3O2/c1-6-18-12(17)11-10(8-15-16-11)7-14-9(2)13(3,4)5/h8-9,14H,6-7H2,1-5H3,(H,15,16). The number of nitrogens with zero attached hydrogens (tertiary/aromatic N) is 1. The first-order chi connectivity index (χ1) is 8.36. The third-order valence-corrected chi connectivity index (χ3v) is 3.10. The van der Waals surface area contributed by atoms with Crippen LogP contribution in [0.3, 0.4) is 0 Å². The minimum absolute atomic E-state index is 0.174. The van der Waals surface area contributed by atoms with Gasteiger partial charge in [0.15, 0.2) is 0 Å². The maximum atomic E-state index is 11.6. The third-order valence-electron chi connectivity index (χ3n) is 3.10. The molecule has 2 N–H and O–H groups in total. The number of H-pyrrole nitrogens is 1. The Kier molecular flexibility index (Phi) is 4.90. The topological polar surface area (TPSA) is 67.0 Å². The molecular weight excluding hydrogens is 230 g/mol. The Morgan fingerprint density at radius 3 is 2.78 bits per heavy atom. The number of aromatic amines is 1. The van der Waals surface area contributed by atoms with E-state index in [1.165, 1.54) is 0 Å². The molecular formula is C13H23N3O2. The maximum absolute atomic E-state index is 11.6. The van der Waals surface area contributed by atoms with Gasteiger partial charge in [-0.3, -0.25) is 5.10 Å². The van der Waals surface area contributed by atoms with E-state index < -0.39 is 0 Å². The van der Waals surface area contributed by atoms with Gasteiger partial charge in [0.1, 0.15) is 5.69 Å². The van der Waals surface area contributed by atoms with E-state index in [0.29, 0.717) is 24.9 Å². The molecule has 0 amide bonds. The summed E-state index contributed by atoms with van der Waals surface area (Å²) in [6.45, 7) is 11.4. The highest BCUT2D eigenvalue weighted by Crippen LogP contribution is 2.19. The monoisotopic (exact) mass is 253 g/mol. The Labute approximate surface area is 108 Å². The number of rotatable bonds is 5. The van der Waals surface area contributed by atoms with Crippen molar-refractivity contribution >= 4 is 5.97 Å². The van der Waals surface area contributed by atoms with E-state index in [1.807, 2.05) is 0 Å². The molecule has 0 aliphatic rings. The van der Waals surface area contributed by atoms with Crippen molar-refractivity contribution in [2.75, 3.05) is 6.61 Å². The largest absolute Gasteiger partial charge is 0.461 e. The summed E-state index contributed by atoms with van der Waals surface area (Å²) < 4.78 is 4.96. The van der Waals surface area contributed by atoms with E-state index in [0.717, 1.165) is 5.56 Å². The zero-order valence-electron chi connectivity index (χ0n) is 11.8. The first-order valence-electron chi connectivity index (χ1n) is 6.29. The second-order valence-electron chi connectivity index (χ2n) is 5.46. The van der Waals surface area contributed by atoms with Crippen molar-refractivity contribution < 1.29 is 9.53 Å².